The maximum atomic E-state index is 12.6. The molecule has 0 aliphatic carbocycles. The SMILES string of the molecule is Cc1nc(Cn2c(=O)oc3cc(S(=O)(=O)Nc4ccccc4)ccc32)no1. The van der Waals surface area contributed by atoms with Crippen LogP contribution in [0.15, 0.2) is 67.2 Å². The third-order valence-corrected chi connectivity index (χ3v) is 5.22. The molecular weight excluding hydrogens is 372 g/mol. The lowest BCUT2D eigenvalue weighted by molar-refractivity contribution is 0.385. The van der Waals surface area contributed by atoms with Crippen molar-refractivity contribution in [1.82, 2.24) is 14.7 Å². The van der Waals surface area contributed by atoms with Crippen LogP contribution in [0, 0.1) is 6.92 Å². The molecular formula is C17H14N4O5S. The summed E-state index contributed by atoms with van der Waals surface area (Å²) >= 11 is 0. The Morgan fingerprint density at radius 3 is 2.63 bits per heavy atom. The minimum atomic E-state index is -3.82. The lowest BCUT2D eigenvalue weighted by Crippen LogP contribution is -2.15. The van der Waals surface area contributed by atoms with Gasteiger partial charge in [0, 0.05) is 18.7 Å². The Kier molecular flexibility index (Phi) is 4.04. The molecule has 0 atom stereocenters. The zero-order valence-corrected chi connectivity index (χ0v) is 14.9. The lowest BCUT2D eigenvalue weighted by Gasteiger charge is -2.07. The number of rotatable bonds is 5. The van der Waals surface area contributed by atoms with Gasteiger partial charge in [-0.1, -0.05) is 23.4 Å². The van der Waals surface area contributed by atoms with Crippen LogP contribution in [0.1, 0.15) is 11.7 Å². The monoisotopic (exact) mass is 386 g/mol. The molecule has 4 aromatic rings. The molecule has 0 saturated heterocycles. The molecule has 0 amide bonds. The van der Waals surface area contributed by atoms with Crippen LogP contribution in [0.4, 0.5) is 5.69 Å². The second kappa shape index (κ2) is 6.40. The first-order chi connectivity index (χ1) is 12.9. The van der Waals surface area contributed by atoms with E-state index in [-0.39, 0.29) is 17.0 Å². The van der Waals surface area contributed by atoms with E-state index in [1.165, 1.54) is 22.8 Å². The fourth-order valence-corrected chi connectivity index (χ4v) is 3.70. The van der Waals surface area contributed by atoms with Gasteiger partial charge in [0.25, 0.3) is 10.0 Å². The van der Waals surface area contributed by atoms with E-state index in [1.54, 1.807) is 37.3 Å². The van der Waals surface area contributed by atoms with Gasteiger partial charge in [-0.3, -0.25) is 9.29 Å². The Morgan fingerprint density at radius 2 is 1.93 bits per heavy atom. The highest BCUT2D eigenvalue weighted by Gasteiger charge is 2.18. The molecule has 2 aromatic carbocycles. The molecule has 0 fully saturated rings. The van der Waals surface area contributed by atoms with E-state index in [0.717, 1.165) is 0 Å². The third kappa shape index (κ3) is 3.34. The van der Waals surface area contributed by atoms with Gasteiger partial charge in [0.15, 0.2) is 11.4 Å². The van der Waals surface area contributed by atoms with Crippen LogP contribution in [-0.4, -0.2) is 23.1 Å². The molecule has 0 bridgehead atoms. The van der Waals surface area contributed by atoms with Crippen LogP contribution in [0.25, 0.3) is 11.1 Å². The molecule has 2 heterocycles. The van der Waals surface area contributed by atoms with E-state index in [4.69, 9.17) is 8.94 Å². The van der Waals surface area contributed by atoms with Crippen molar-refractivity contribution in [3.05, 3.63) is 70.8 Å². The van der Waals surface area contributed by atoms with E-state index >= 15 is 0 Å². The normalized spacial score (nSPS) is 11.7. The number of benzene rings is 2. The van der Waals surface area contributed by atoms with Crippen molar-refractivity contribution in [3.63, 3.8) is 0 Å². The second-order valence-corrected chi connectivity index (χ2v) is 7.47. The van der Waals surface area contributed by atoms with Crippen molar-refractivity contribution in [1.29, 1.82) is 0 Å². The van der Waals surface area contributed by atoms with E-state index in [2.05, 4.69) is 14.9 Å². The van der Waals surface area contributed by atoms with E-state index in [1.807, 2.05) is 0 Å². The molecule has 0 radical (unpaired) electrons. The number of oxazole rings is 1. The highest BCUT2D eigenvalue weighted by atomic mass is 32.2. The highest BCUT2D eigenvalue weighted by Crippen LogP contribution is 2.21. The minimum absolute atomic E-state index is 0.0184. The van der Waals surface area contributed by atoms with Crippen LogP contribution >= 0.6 is 0 Å². The number of sulfonamides is 1. The first-order valence-corrected chi connectivity index (χ1v) is 9.41. The van der Waals surface area contributed by atoms with Crippen LogP contribution in [-0.2, 0) is 16.6 Å². The van der Waals surface area contributed by atoms with Gasteiger partial charge in [-0.15, -0.1) is 0 Å². The first kappa shape index (κ1) is 17.0. The molecule has 1 N–H and O–H groups in total. The Hall–Kier alpha value is -3.40. The topological polar surface area (TPSA) is 120 Å². The average molecular weight is 386 g/mol. The van der Waals surface area contributed by atoms with Gasteiger partial charge in [0.2, 0.25) is 5.89 Å². The van der Waals surface area contributed by atoms with Gasteiger partial charge in [-0.05, 0) is 24.3 Å². The zero-order chi connectivity index (χ0) is 19.0. The Morgan fingerprint density at radius 1 is 1.15 bits per heavy atom. The molecule has 138 valence electrons. The molecule has 0 aliphatic rings. The lowest BCUT2D eigenvalue weighted by atomic mass is 10.3. The third-order valence-electron chi connectivity index (χ3n) is 3.85. The second-order valence-electron chi connectivity index (χ2n) is 5.78. The van der Waals surface area contributed by atoms with Crippen molar-refractivity contribution in [2.45, 2.75) is 18.4 Å². The predicted molar refractivity (Wildman–Crippen MR) is 95.9 cm³/mol. The molecule has 0 aliphatic heterocycles. The summed E-state index contributed by atoms with van der Waals surface area (Å²) in [7, 11) is -3.82. The number of aromatic nitrogens is 3. The summed E-state index contributed by atoms with van der Waals surface area (Å²) in [6.07, 6.45) is 0. The molecule has 0 unspecified atom stereocenters. The maximum Gasteiger partial charge on any atom is 0.420 e. The highest BCUT2D eigenvalue weighted by molar-refractivity contribution is 7.92. The summed E-state index contributed by atoms with van der Waals surface area (Å²) in [5.41, 5.74) is 1.02. The zero-order valence-electron chi connectivity index (χ0n) is 14.1. The minimum Gasteiger partial charge on any atom is -0.408 e. The Bertz CT molecular complexity index is 1270. The Balaban J connectivity index is 1.70. The van der Waals surface area contributed by atoms with Crippen molar-refractivity contribution in [3.8, 4) is 0 Å². The summed E-state index contributed by atoms with van der Waals surface area (Å²) in [5.74, 6) is 0.0592. The summed E-state index contributed by atoms with van der Waals surface area (Å²) in [4.78, 5) is 16.2. The standard InChI is InChI=1S/C17H14N4O5S/c1-11-18-16(19-26-11)10-21-14-8-7-13(9-15(14)25-17(21)22)27(23,24)20-12-5-3-2-4-6-12/h2-9,20H,10H2,1H3. The number of nitrogens with zero attached hydrogens (tertiary/aromatic N) is 3. The number of para-hydroxylation sites is 1. The van der Waals surface area contributed by atoms with Gasteiger partial charge in [0.05, 0.1) is 17.0 Å². The smallest absolute Gasteiger partial charge is 0.408 e. The average Bonchev–Trinajstić information content (AvgIpc) is 3.18. The van der Waals surface area contributed by atoms with Gasteiger partial charge in [-0.25, -0.2) is 13.2 Å². The summed E-state index contributed by atoms with van der Waals surface area (Å²) in [6.45, 7) is 1.70. The fraction of sp³-hybridized carbons (Fsp3) is 0.118. The number of hydrogen-bond acceptors (Lipinski definition) is 7. The molecule has 9 nitrogen and oxygen atoms in total. The largest absolute Gasteiger partial charge is 0.420 e. The van der Waals surface area contributed by atoms with Gasteiger partial charge in [0.1, 0.15) is 0 Å². The molecule has 2 aromatic heterocycles. The van der Waals surface area contributed by atoms with Gasteiger partial charge >= 0.3 is 5.76 Å². The number of fused-ring (bicyclic) bond motifs is 1. The van der Waals surface area contributed by atoms with Crippen LogP contribution in [0.5, 0.6) is 0 Å². The summed E-state index contributed by atoms with van der Waals surface area (Å²) < 4.78 is 39.0. The molecule has 0 spiro atoms. The van der Waals surface area contributed by atoms with E-state index in [9.17, 15) is 13.2 Å². The first-order valence-electron chi connectivity index (χ1n) is 7.93. The van der Waals surface area contributed by atoms with Crippen LogP contribution in [0.2, 0.25) is 0 Å². The number of anilines is 1. The van der Waals surface area contributed by atoms with Crippen molar-refractivity contribution in [2.24, 2.45) is 0 Å². The molecule has 27 heavy (non-hydrogen) atoms. The van der Waals surface area contributed by atoms with Crippen LogP contribution in [0.3, 0.4) is 0 Å². The van der Waals surface area contributed by atoms with E-state index in [0.29, 0.717) is 22.9 Å². The molecule has 10 heteroatoms. The summed E-state index contributed by atoms with van der Waals surface area (Å²) in [6, 6.07) is 12.7. The van der Waals surface area contributed by atoms with Crippen molar-refractivity contribution >= 4 is 26.8 Å². The maximum absolute atomic E-state index is 12.6. The van der Waals surface area contributed by atoms with Crippen molar-refractivity contribution in [2.75, 3.05) is 4.72 Å². The predicted octanol–water partition coefficient (Wildman–Crippen LogP) is 2.14. The number of aryl methyl sites for hydroxylation is 1. The van der Waals surface area contributed by atoms with Crippen molar-refractivity contribution < 1.29 is 17.4 Å². The quantitative estimate of drug-likeness (QED) is 0.558. The van der Waals surface area contributed by atoms with Gasteiger partial charge < -0.3 is 8.94 Å². The fourth-order valence-electron chi connectivity index (χ4n) is 2.63. The summed E-state index contributed by atoms with van der Waals surface area (Å²) in [5, 5.41) is 3.75. The van der Waals surface area contributed by atoms with Crippen LogP contribution < -0.4 is 10.5 Å². The van der Waals surface area contributed by atoms with Gasteiger partial charge in [-0.2, -0.15) is 4.98 Å². The number of hydrogen-bond donors (Lipinski definition) is 1. The van der Waals surface area contributed by atoms with E-state index < -0.39 is 15.8 Å². The molecule has 0 saturated carbocycles. The molecule has 4 rings (SSSR count). The Labute approximate surface area is 153 Å². The number of nitrogens with one attached hydrogen (secondary N) is 1.